The molecule has 0 spiro atoms. The van der Waals surface area contributed by atoms with E-state index in [1.165, 1.54) is 0 Å². The van der Waals surface area contributed by atoms with E-state index in [9.17, 15) is 4.79 Å². The molecular weight excluding hydrogens is 252 g/mol. The number of hydrogen-bond donors (Lipinski definition) is 1. The Labute approximate surface area is 116 Å². The zero-order chi connectivity index (χ0) is 12.3. The summed E-state index contributed by atoms with van der Waals surface area (Å²) < 4.78 is 5.58. The molecule has 1 aliphatic carbocycles. The van der Waals surface area contributed by atoms with E-state index in [-0.39, 0.29) is 24.4 Å². The minimum absolute atomic E-state index is 0. The highest BCUT2D eigenvalue weighted by Crippen LogP contribution is 2.32. The Hall–Kier alpha value is -0.320. The first-order valence-electron chi connectivity index (χ1n) is 6.83. The molecule has 1 saturated carbocycles. The van der Waals surface area contributed by atoms with Crippen LogP contribution < -0.4 is 5.73 Å². The van der Waals surface area contributed by atoms with Crippen molar-refractivity contribution >= 4 is 18.3 Å². The van der Waals surface area contributed by atoms with Gasteiger partial charge >= 0.3 is 0 Å². The predicted molar refractivity (Wildman–Crippen MR) is 73.7 cm³/mol. The highest BCUT2D eigenvalue weighted by atomic mass is 35.5. The molecule has 1 aliphatic heterocycles. The fourth-order valence-corrected chi connectivity index (χ4v) is 3.07. The molecule has 2 rings (SSSR count). The van der Waals surface area contributed by atoms with Gasteiger partial charge in [0.15, 0.2) is 0 Å². The molecule has 4 nitrogen and oxygen atoms in total. The van der Waals surface area contributed by atoms with E-state index < -0.39 is 0 Å². The molecule has 5 heteroatoms. The largest absolute Gasteiger partial charge is 0.377 e. The van der Waals surface area contributed by atoms with E-state index >= 15 is 0 Å². The number of nitrogens with two attached hydrogens (primary N) is 1. The Morgan fingerprint density at radius 3 is 2.89 bits per heavy atom. The van der Waals surface area contributed by atoms with E-state index in [0.29, 0.717) is 18.4 Å². The van der Waals surface area contributed by atoms with Crippen molar-refractivity contribution in [3.05, 3.63) is 0 Å². The number of hydrogen-bond acceptors (Lipinski definition) is 3. The zero-order valence-corrected chi connectivity index (χ0v) is 12.0. The Morgan fingerprint density at radius 2 is 2.17 bits per heavy atom. The first-order chi connectivity index (χ1) is 8.22. The maximum absolute atomic E-state index is 12.5. The van der Waals surface area contributed by atoms with Crippen LogP contribution in [0.25, 0.3) is 0 Å². The van der Waals surface area contributed by atoms with Crippen LogP contribution in [0.1, 0.15) is 32.6 Å². The summed E-state index contributed by atoms with van der Waals surface area (Å²) in [4.78, 5) is 14.5. The van der Waals surface area contributed by atoms with Gasteiger partial charge in [0.2, 0.25) is 5.91 Å². The molecule has 0 aromatic heterocycles. The van der Waals surface area contributed by atoms with E-state index in [4.69, 9.17) is 10.5 Å². The molecule has 0 bridgehead atoms. The summed E-state index contributed by atoms with van der Waals surface area (Å²) in [5, 5.41) is 0. The van der Waals surface area contributed by atoms with Gasteiger partial charge in [0.05, 0.1) is 6.10 Å². The van der Waals surface area contributed by atoms with Crippen molar-refractivity contribution in [2.75, 3.05) is 26.2 Å². The van der Waals surface area contributed by atoms with Crippen molar-refractivity contribution < 1.29 is 9.53 Å². The number of ether oxygens (including phenoxy) is 1. The van der Waals surface area contributed by atoms with Gasteiger partial charge in [0, 0.05) is 25.6 Å². The van der Waals surface area contributed by atoms with Crippen molar-refractivity contribution in [2.45, 2.75) is 38.7 Å². The van der Waals surface area contributed by atoms with Crippen LogP contribution in [0.15, 0.2) is 0 Å². The molecular formula is C13H25ClN2O2. The monoisotopic (exact) mass is 276 g/mol. The van der Waals surface area contributed by atoms with Crippen LogP contribution in [0.2, 0.25) is 0 Å². The minimum atomic E-state index is 0. The smallest absolute Gasteiger partial charge is 0.226 e. The first-order valence-corrected chi connectivity index (χ1v) is 6.83. The van der Waals surface area contributed by atoms with Crippen molar-refractivity contribution in [1.29, 1.82) is 0 Å². The molecule has 0 radical (unpaired) electrons. The number of carbonyl (C=O) groups excluding carboxylic acids is 1. The molecule has 2 fully saturated rings. The molecule has 1 heterocycles. The second kappa shape index (κ2) is 7.31. The number of amides is 1. The van der Waals surface area contributed by atoms with Gasteiger partial charge in [-0.2, -0.15) is 0 Å². The summed E-state index contributed by atoms with van der Waals surface area (Å²) in [6.45, 7) is 5.05. The van der Waals surface area contributed by atoms with Crippen LogP contribution in [0.4, 0.5) is 0 Å². The second-order valence-electron chi connectivity index (χ2n) is 5.35. The topological polar surface area (TPSA) is 55.6 Å². The summed E-state index contributed by atoms with van der Waals surface area (Å²) in [6.07, 6.45) is 4.41. The molecule has 18 heavy (non-hydrogen) atoms. The van der Waals surface area contributed by atoms with E-state index in [2.05, 4.69) is 0 Å². The average molecular weight is 277 g/mol. The summed E-state index contributed by atoms with van der Waals surface area (Å²) >= 11 is 0. The summed E-state index contributed by atoms with van der Waals surface area (Å²) in [5.41, 5.74) is 5.75. The van der Waals surface area contributed by atoms with Crippen molar-refractivity contribution in [2.24, 2.45) is 17.6 Å². The quantitative estimate of drug-likeness (QED) is 0.830. The molecule has 1 saturated heterocycles. The van der Waals surface area contributed by atoms with Crippen LogP contribution >= 0.6 is 12.4 Å². The number of halogens is 1. The van der Waals surface area contributed by atoms with Crippen LogP contribution in [-0.4, -0.2) is 43.2 Å². The lowest BCUT2D eigenvalue weighted by Gasteiger charge is -2.27. The highest BCUT2D eigenvalue weighted by Gasteiger charge is 2.35. The molecule has 2 aliphatic rings. The lowest BCUT2D eigenvalue weighted by atomic mass is 9.94. The summed E-state index contributed by atoms with van der Waals surface area (Å²) in [7, 11) is 0. The minimum Gasteiger partial charge on any atom is -0.377 e. The average Bonchev–Trinajstić information content (AvgIpc) is 2.70. The SMILES string of the molecule is CC1CN(C(=O)[C@@H]2CCC[C@@H]2CN)CCCO1.Cl. The van der Waals surface area contributed by atoms with Crippen LogP contribution in [0.5, 0.6) is 0 Å². The van der Waals surface area contributed by atoms with E-state index in [0.717, 1.165) is 45.4 Å². The normalized spacial score (nSPS) is 32.8. The molecule has 1 amide bonds. The van der Waals surface area contributed by atoms with Gasteiger partial charge in [-0.25, -0.2) is 0 Å². The maximum atomic E-state index is 12.5. The Kier molecular flexibility index (Phi) is 6.39. The molecule has 1 unspecified atom stereocenters. The number of carbonyl (C=O) groups is 1. The van der Waals surface area contributed by atoms with Gasteiger partial charge in [0.25, 0.3) is 0 Å². The third-order valence-corrected chi connectivity index (χ3v) is 4.04. The van der Waals surface area contributed by atoms with Crippen LogP contribution in [0, 0.1) is 11.8 Å². The van der Waals surface area contributed by atoms with Gasteiger partial charge in [-0.15, -0.1) is 12.4 Å². The maximum Gasteiger partial charge on any atom is 0.226 e. The zero-order valence-electron chi connectivity index (χ0n) is 11.1. The molecule has 0 aromatic rings. The fourth-order valence-electron chi connectivity index (χ4n) is 3.07. The summed E-state index contributed by atoms with van der Waals surface area (Å²) in [5.74, 6) is 0.891. The Balaban J connectivity index is 0.00000162. The third kappa shape index (κ3) is 3.59. The van der Waals surface area contributed by atoms with Gasteiger partial charge in [-0.1, -0.05) is 6.42 Å². The van der Waals surface area contributed by atoms with Gasteiger partial charge in [0.1, 0.15) is 0 Å². The van der Waals surface area contributed by atoms with Crippen molar-refractivity contribution in [3.63, 3.8) is 0 Å². The molecule has 3 atom stereocenters. The number of nitrogens with zero attached hydrogens (tertiary/aromatic N) is 1. The summed E-state index contributed by atoms with van der Waals surface area (Å²) in [6, 6.07) is 0. The van der Waals surface area contributed by atoms with E-state index in [1.54, 1.807) is 0 Å². The fraction of sp³-hybridized carbons (Fsp3) is 0.923. The van der Waals surface area contributed by atoms with Gasteiger partial charge in [-0.05, 0) is 38.6 Å². The Morgan fingerprint density at radius 1 is 1.39 bits per heavy atom. The second-order valence-corrected chi connectivity index (χ2v) is 5.35. The van der Waals surface area contributed by atoms with E-state index in [1.807, 2.05) is 11.8 Å². The van der Waals surface area contributed by atoms with Crippen LogP contribution in [-0.2, 0) is 9.53 Å². The molecule has 0 aromatic carbocycles. The van der Waals surface area contributed by atoms with Crippen molar-refractivity contribution in [3.8, 4) is 0 Å². The Bertz CT molecular complexity index is 276. The lowest BCUT2D eigenvalue weighted by molar-refractivity contribution is -0.137. The van der Waals surface area contributed by atoms with Gasteiger partial charge < -0.3 is 15.4 Å². The third-order valence-electron chi connectivity index (χ3n) is 4.04. The van der Waals surface area contributed by atoms with Gasteiger partial charge in [-0.3, -0.25) is 4.79 Å². The standard InChI is InChI=1S/C13H24N2O2.ClH/c1-10-9-15(6-3-7-17-10)13(16)12-5-2-4-11(12)8-14;/h10-12H,2-9,14H2,1H3;1H/t10?,11-,12-;/m1./s1. The highest BCUT2D eigenvalue weighted by molar-refractivity contribution is 5.85. The predicted octanol–water partition coefficient (Wildman–Crippen LogP) is 1.42. The van der Waals surface area contributed by atoms with Crippen molar-refractivity contribution in [1.82, 2.24) is 4.90 Å². The first kappa shape index (κ1) is 15.7. The van der Waals surface area contributed by atoms with Crippen LogP contribution in [0.3, 0.4) is 0 Å². The lowest BCUT2D eigenvalue weighted by Crippen LogP contribution is -2.41. The molecule has 106 valence electrons. The number of rotatable bonds is 2. The molecule has 2 N–H and O–H groups in total.